The first-order valence-electron chi connectivity index (χ1n) is 17.2. The highest BCUT2D eigenvalue weighted by molar-refractivity contribution is 7.99. The van der Waals surface area contributed by atoms with Gasteiger partial charge in [0, 0.05) is 42.0 Å². The minimum absolute atomic E-state index is 0.0207. The van der Waals surface area contributed by atoms with E-state index in [1.54, 1.807) is 29.4 Å². The van der Waals surface area contributed by atoms with E-state index in [1.807, 2.05) is 72.8 Å². The average molecular weight is 713 g/mol. The van der Waals surface area contributed by atoms with Crippen LogP contribution in [0.2, 0.25) is 0 Å². The summed E-state index contributed by atoms with van der Waals surface area (Å²) in [5, 5.41) is 30.4. The number of aliphatic hydroxyl groups is 1. The summed E-state index contributed by atoms with van der Waals surface area (Å²) in [4.78, 5) is 35.8. The fraction of sp³-hybridized carbons (Fsp3) is 0.325. The minimum atomic E-state index is -0.957. The van der Waals surface area contributed by atoms with Gasteiger partial charge in [-0.3, -0.25) is 14.8 Å². The van der Waals surface area contributed by atoms with Crippen LogP contribution >= 0.6 is 11.8 Å². The third kappa shape index (κ3) is 11.5. The maximum Gasteiger partial charge on any atom is 0.335 e. The van der Waals surface area contributed by atoms with Crippen LogP contribution in [0.25, 0.3) is 11.1 Å². The number of benzene rings is 4. The Morgan fingerprint density at radius 1 is 0.745 bits per heavy atom. The second kappa shape index (κ2) is 19.2. The molecule has 1 aliphatic heterocycles. The van der Waals surface area contributed by atoms with Crippen molar-refractivity contribution < 1.29 is 39.3 Å². The number of hydrogen-bond donors (Lipinski definition) is 5. The Morgan fingerprint density at radius 2 is 1.43 bits per heavy atom. The van der Waals surface area contributed by atoms with Crippen LogP contribution < -0.4 is 10.8 Å². The number of rotatable bonds is 17. The van der Waals surface area contributed by atoms with E-state index >= 15 is 0 Å². The van der Waals surface area contributed by atoms with Crippen molar-refractivity contribution in [2.75, 3.05) is 5.75 Å². The lowest BCUT2D eigenvalue weighted by Gasteiger charge is -2.36. The second-order valence-corrected chi connectivity index (χ2v) is 13.6. The Balaban J connectivity index is 1.23. The van der Waals surface area contributed by atoms with Gasteiger partial charge in [-0.1, -0.05) is 73.5 Å². The zero-order valence-corrected chi connectivity index (χ0v) is 29.1. The summed E-state index contributed by atoms with van der Waals surface area (Å²) in [6.45, 7) is 0.376. The lowest BCUT2D eigenvalue weighted by molar-refractivity contribution is -0.245. The van der Waals surface area contributed by atoms with Gasteiger partial charge in [0.25, 0.3) is 0 Å². The number of carboxylic acid groups (broad SMARTS) is 1. The summed E-state index contributed by atoms with van der Waals surface area (Å²) < 4.78 is 13.1. The second-order valence-electron chi connectivity index (χ2n) is 12.5. The van der Waals surface area contributed by atoms with Gasteiger partial charge in [0.2, 0.25) is 11.8 Å². The summed E-state index contributed by atoms with van der Waals surface area (Å²) in [6, 6.07) is 30.7. The molecule has 5 N–H and O–H groups in total. The number of carbonyl (C=O) groups is 3. The number of carboxylic acids is 1. The lowest BCUT2D eigenvalue weighted by Crippen LogP contribution is -2.31. The maximum atomic E-state index is 12.5. The largest absolute Gasteiger partial charge is 0.478 e. The average Bonchev–Trinajstić information content (AvgIpc) is 3.17. The number of thioether (sulfide) groups is 1. The smallest absolute Gasteiger partial charge is 0.335 e. The van der Waals surface area contributed by atoms with E-state index in [1.165, 1.54) is 0 Å². The molecule has 0 saturated carbocycles. The molecule has 0 radical (unpaired) electrons. The van der Waals surface area contributed by atoms with Crippen molar-refractivity contribution in [1.29, 1.82) is 0 Å². The lowest BCUT2D eigenvalue weighted by atomic mass is 9.99. The SMILES string of the molecule is O=C(CCCCCCC(=O)NCc1cccc(-c2cccc([C@H]3O[C@@H](CSc4ccc(C(=O)O)cc4)C[C@@H](c4ccc(CO)cc4)O3)c2)c1)NO. The minimum Gasteiger partial charge on any atom is -0.478 e. The van der Waals surface area contributed by atoms with Crippen LogP contribution in [0, 0.1) is 0 Å². The molecule has 0 unspecified atom stereocenters. The summed E-state index contributed by atoms with van der Waals surface area (Å²) in [7, 11) is 0. The summed E-state index contributed by atoms with van der Waals surface area (Å²) in [6.07, 6.45) is 3.37. The first-order valence-corrected chi connectivity index (χ1v) is 18.2. The molecule has 2 amide bonds. The van der Waals surface area contributed by atoms with E-state index < -0.39 is 18.2 Å². The fourth-order valence-electron chi connectivity index (χ4n) is 5.90. The highest BCUT2D eigenvalue weighted by Crippen LogP contribution is 2.40. The van der Waals surface area contributed by atoms with Gasteiger partial charge in [-0.15, -0.1) is 11.8 Å². The molecule has 5 rings (SSSR count). The number of aromatic carboxylic acids is 1. The number of aliphatic hydroxyl groups excluding tert-OH is 1. The molecule has 0 spiro atoms. The molecule has 4 aromatic carbocycles. The molecule has 1 aliphatic rings. The molecular weight excluding hydrogens is 669 g/mol. The standard InChI is InChI=1S/C40H44N2O8S/c43-25-27-13-15-29(16-14-27)36-23-34(26-51-35-19-17-30(18-20-35)39(46)47)49-40(50-36)33-10-6-9-32(22-33)31-8-5-7-28(21-31)24-41-37(44)11-3-1-2-4-12-38(45)42-48/h5-10,13-22,34,36,40,43,48H,1-4,11-12,23-26H2,(H,41,44)(H,42,45)(H,46,47)/t34-,36+,40+/m1/s1. The molecule has 1 saturated heterocycles. The molecule has 268 valence electrons. The van der Waals surface area contributed by atoms with Crippen LogP contribution in [0.15, 0.2) is 102 Å². The predicted octanol–water partition coefficient (Wildman–Crippen LogP) is 7.34. The van der Waals surface area contributed by atoms with Gasteiger partial charge in [0.05, 0.1) is 24.4 Å². The third-order valence-corrected chi connectivity index (χ3v) is 9.89. The highest BCUT2D eigenvalue weighted by Gasteiger charge is 2.32. The zero-order chi connectivity index (χ0) is 36.0. The molecule has 1 fully saturated rings. The Kier molecular flexibility index (Phi) is 14.2. The Hall–Kier alpha value is -4.52. The topological polar surface area (TPSA) is 154 Å². The molecule has 4 aromatic rings. The quantitative estimate of drug-likeness (QED) is 0.0327. The molecule has 51 heavy (non-hydrogen) atoms. The number of hydrogen-bond acceptors (Lipinski definition) is 8. The predicted molar refractivity (Wildman–Crippen MR) is 194 cm³/mol. The molecule has 3 atom stereocenters. The summed E-state index contributed by atoms with van der Waals surface area (Å²) in [5.74, 6) is -0.723. The van der Waals surface area contributed by atoms with Crippen LogP contribution in [-0.4, -0.2) is 45.1 Å². The number of unbranched alkanes of at least 4 members (excludes halogenated alkanes) is 3. The van der Waals surface area contributed by atoms with Gasteiger partial charge in [-0.25, -0.2) is 10.3 Å². The van der Waals surface area contributed by atoms with Crippen molar-refractivity contribution in [2.24, 2.45) is 0 Å². The number of nitrogens with one attached hydrogen (secondary N) is 2. The van der Waals surface area contributed by atoms with Crippen molar-refractivity contribution >= 4 is 29.5 Å². The van der Waals surface area contributed by atoms with Gasteiger partial charge >= 0.3 is 5.97 Å². The van der Waals surface area contributed by atoms with E-state index in [-0.39, 0.29) is 36.7 Å². The molecule has 1 heterocycles. The van der Waals surface area contributed by atoms with Crippen LogP contribution in [-0.2, 0) is 32.2 Å². The number of carbonyl (C=O) groups excluding carboxylic acids is 2. The number of amides is 2. The maximum absolute atomic E-state index is 12.5. The van der Waals surface area contributed by atoms with Crippen LogP contribution in [0.3, 0.4) is 0 Å². The van der Waals surface area contributed by atoms with E-state index in [2.05, 4.69) is 17.4 Å². The Morgan fingerprint density at radius 3 is 2.12 bits per heavy atom. The van der Waals surface area contributed by atoms with Gasteiger partial charge in [0.1, 0.15) is 0 Å². The molecular formula is C40H44N2O8S. The highest BCUT2D eigenvalue weighted by atomic mass is 32.2. The Labute approximate surface area is 302 Å². The monoisotopic (exact) mass is 712 g/mol. The zero-order valence-electron chi connectivity index (χ0n) is 28.3. The van der Waals surface area contributed by atoms with Crippen LogP contribution in [0.5, 0.6) is 0 Å². The van der Waals surface area contributed by atoms with E-state index in [0.717, 1.165) is 57.5 Å². The van der Waals surface area contributed by atoms with Crippen LogP contribution in [0.1, 0.15) is 90.0 Å². The van der Waals surface area contributed by atoms with Crippen molar-refractivity contribution in [2.45, 2.75) is 81.5 Å². The van der Waals surface area contributed by atoms with Crippen LogP contribution in [0.4, 0.5) is 0 Å². The number of hydroxylamine groups is 1. The van der Waals surface area contributed by atoms with E-state index in [9.17, 15) is 24.6 Å². The van der Waals surface area contributed by atoms with Gasteiger partial charge < -0.3 is 25.0 Å². The fourth-order valence-corrected chi connectivity index (χ4v) is 6.82. The number of ether oxygens (including phenoxy) is 2. The van der Waals surface area contributed by atoms with E-state index in [4.69, 9.17) is 14.7 Å². The van der Waals surface area contributed by atoms with Gasteiger partial charge in [-0.2, -0.15) is 0 Å². The molecule has 0 aromatic heterocycles. The first kappa shape index (κ1) is 37.7. The summed E-state index contributed by atoms with van der Waals surface area (Å²) in [5.41, 5.74) is 7.54. The van der Waals surface area contributed by atoms with Crippen molar-refractivity contribution in [3.8, 4) is 11.1 Å². The normalized spacial score (nSPS) is 17.1. The summed E-state index contributed by atoms with van der Waals surface area (Å²) >= 11 is 1.61. The Bertz CT molecular complexity index is 1750. The molecule has 10 nitrogen and oxygen atoms in total. The molecule has 11 heteroatoms. The van der Waals surface area contributed by atoms with Gasteiger partial charge in [-0.05, 0) is 77.1 Å². The molecule has 0 aliphatic carbocycles. The van der Waals surface area contributed by atoms with Crippen molar-refractivity contribution in [3.63, 3.8) is 0 Å². The first-order chi connectivity index (χ1) is 24.8. The van der Waals surface area contributed by atoms with Crippen molar-refractivity contribution in [3.05, 3.63) is 125 Å². The van der Waals surface area contributed by atoms with Crippen molar-refractivity contribution in [1.82, 2.24) is 10.8 Å². The molecule has 0 bridgehead atoms. The van der Waals surface area contributed by atoms with E-state index in [0.29, 0.717) is 31.6 Å². The van der Waals surface area contributed by atoms with Gasteiger partial charge in [0.15, 0.2) is 6.29 Å². The third-order valence-electron chi connectivity index (χ3n) is 8.74.